The van der Waals surface area contributed by atoms with Crippen LogP contribution in [0.15, 0.2) is 18.2 Å². The van der Waals surface area contributed by atoms with E-state index in [2.05, 4.69) is 0 Å². The van der Waals surface area contributed by atoms with Crippen LogP contribution in [-0.2, 0) is 9.59 Å². The molecule has 0 aromatic heterocycles. The number of fused-ring (bicyclic) bond motifs is 1. The number of anilines is 1. The molecule has 1 saturated heterocycles. The maximum Gasteiger partial charge on any atom is 0.268 e. The highest BCUT2D eigenvalue weighted by atomic mass is 16.5. The largest absolute Gasteiger partial charge is 0.478 e. The average Bonchev–Trinajstić information content (AvgIpc) is 2.86. The van der Waals surface area contributed by atoms with Gasteiger partial charge in [0, 0.05) is 13.1 Å². The van der Waals surface area contributed by atoms with E-state index in [0.717, 1.165) is 31.5 Å². The van der Waals surface area contributed by atoms with Crippen molar-refractivity contribution in [2.24, 2.45) is 0 Å². The van der Waals surface area contributed by atoms with Crippen molar-refractivity contribution in [2.75, 3.05) is 24.5 Å². The quantitative estimate of drug-likeness (QED) is 0.856. The minimum atomic E-state index is -0.503. The third kappa shape index (κ3) is 3.40. The second-order valence-electron chi connectivity index (χ2n) is 6.71. The number of hydrogen-bond acceptors (Lipinski definition) is 3. The zero-order chi connectivity index (χ0) is 17.1. The molecule has 3 rings (SSSR count). The van der Waals surface area contributed by atoms with Crippen LogP contribution in [0.2, 0.25) is 0 Å². The van der Waals surface area contributed by atoms with Crippen LogP contribution in [0.5, 0.6) is 5.75 Å². The lowest BCUT2D eigenvalue weighted by molar-refractivity contribution is -0.133. The van der Waals surface area contributed by atoms with Crippen molar-refractivity contribution < 1.29 is 14.3 Å². The molecule has 0 aliphatic carbocycles. The molecular weight excluding hydrogens is 304 g/mol. The van der Waals surface area contributed by atoms with Gasteiger partial charge in [-0.1, -0.05) is 25.8 Å². The highest BCUT2D eigenvalue weighted by Gasteiger charge is 2.35. The minimum Gasteiger partial charge on any atom is -0.478 e. The van der Waals surface area contributed by atoms with Gasteiger partial charge in [-0.15, -0.1) is 0 Å². The summed E-state index contributed by atoms with van der Waals surface area (Å²) in [5, 5.41) is 0. The average molecular weight is 330 g/mol. The van der Waals surface area contributed by atoms with Gasteiger partial charge in [0.25, 0.3) is 5.91 Å². The smallest absolute Gasteiger partial charge is 0.268 e. The van der Waals surface area contributed by atoms with Gasteiger partial charge in [0.05, 0.1) is 5.69 Å². The summed E-state index contributed by atoms with van der Waals surface area (Å²) >= 11 is 0. The topological polar surface area (TPSA) is 49.9 Å². The van der Waals surface area contributed by atoms with Crippen molar-refractivity contribution in [3.8, 4) is 5.75 Å². The summed E-state index contributed by atoms with van der Waals surface area (Å²) in [6, 6.07) is 5.79. The fourth-order valence-corrected chi connectivity index (χ4v) is 3.41. The number of hydrogen-bond donors (Lipinski definition) is 0. The second-order valence-corrected chi connectivity index (χ2v) is 6.71. The van der Waals surface area contributed by atoms with Crippen LogP contribution >= 0.6 is 0 Å². The molecule has 24 heavy (non-hydrogen) atoms. The SMILES string of the molecule is CCC1Oc2ccc(C)cc2N(CC(=O)N2CCCCCC2)C1=O. The molecule has 1 aromatic carbocycles. The molecule has 0 bridgehead atoms. The highest BCUT2D eigenvalue weighted by molar-refractivity contribution is 6.03. The van der Waals surface area contributed by atoms with Gasteiger partial charge in [-0.3, -0.25) is 14.5 Å². The Balaban J connectivity index is 1.83. The molecule has 2 heterocycles. The lowest BCUT2D eigenvalue weighted by Gasteiger charge is -2.35. The molecule has 0 N–H and O–H groups in total. The normalized spacial score (nSPS) is 21.1. The predicted molar refractivity (Wildman–Crippen MR) is 93.3 cm³/mol. The zero-order valence-electron chi connectivity index (χ0n) is 14.6. The van der Waals surface area contributed by atoms with E-state index in [1.165, 1.54) is 12.8 Å². The highest BCUT2D eigenvalue weighted by Crippen LogP contribution is 2.35. The van der Waals surface area contributed by atoms with Gasteiger partial charge in [0.2, 0.25) is 5.91 Å². The number of carbonyl (C=O) groups excluding carboxylic acids is 2. The first-order chi connectivity index (χ1) is 11.6. The molecule has 5 heteroatoms. The van der Waals surface area contributed by atoms with E-state index in [9.17, 15) is 9.59 Å². The summed E-state index contributed by atoms with van der Waals surface area (Å²) in [5.74, 6) is 0.615. The summed E-state index contributed by atoms with van der Waals surface area (Å²) in [5.41, 5.74) is 1.76. The summed E-state index contributed by atoms with van der Waals surface area (Å²) < 4.78 is 5.81. The monoisotopic (exact) mass is 330 g/mol. The van der Waals surface area contributed by atoms with Gasteiger partial charge < -0.3 is 9.64 Å². The molecule has 130 valence electrons. The van der Waals surface area contributed by atoms with E-state index < -0.39 is 6.10 Å². The number of carbonyl (C=O) groups is 2. The summed E-state index contributed by atoms with van der Waals surface area (Å²) in [7, 11) is 0. The molecule has 1 fully saturated rings. The fraction of sp³-hybridized carbons (Fsp3) is 0.579. The summed E-state index contributed by atoms with van der Waals surface area (Å²) in [6.45, 7) is 5.61. The number of rotatable bonds is 3. The lowest BCUT2D eigenvalue weighted by Crippen LogP contribution is -2.50. The lowest BCUT2D eigenvalue weighted by atomic mass is 10.1. The van der Waals surface area contributed by atoms with Crippen molar-refractivity contribution >= 4 is 17.5 Å². The van der Waals surface area contributed by atoms with Crippen LogP contribution in [0.25, 0.3) is 0 Å². The molecule has 0 saturated carbocycles. The Hall–Kier alpha value is -2.04. The molecular formula is C19H26N2O3. The van der Waals surface area contributed by atoms with Crippen LogP contribution in [0.3, 0.4) is 0 Å². The number of ether oxygens (including phenoxy) is 1. The van der Waals surface area contributed by atoms with Crippen LogP contribution in [0.1, 0.15) is 44.6 Å². The second kappa shape index (κ2) is 7.24. The molecule has 2 aliphatic rings. The number of nitrogens with zero attached hydrogens (tertiary/aromatic N) is 2. The van der Waals surface area contributed by atoms with Crippen molar-refractivity contribution in [3.05, 3.63) is 23.8 Å². The van der Waals surface area contributed by atoms with E-state index in [0.29, 0.717) is 17.9 Å². The Morgan fingerprint density at radius 3 is 2.58 bits per heavy atom. The van der Waals surface area contributed by atoms with Crippen LogP contribution in [0, 0.1) is 6.92 Å². The van der Waals surface area contributed by atoms with Gasteiger partial charge in [0.1, 0.15) is 12.3 Å². The van der Waals surface area contributed by atoms with Crippen molar-refractivity contribution in [3.63, 3.8) is 0 Å². The first-order valence-corrected chi connectivity index (χ1v) is 8.96. The fourth-order valence-electron chi connectivity index (χ4n) is 3.41. The Morgan fingerprint density at radius 2 is 1.92 bits per heavy atom. The zero-order valence-corrected chi connectivity index (χ0v) is 14.6. The van der Waals surface area contributed by atoms with E-state index >= 15 is 0 Å². The van der Waals surface area contributed by atoms with Crippen molar-refractivity contribution in [1.82, 2.24) is 4.90 Å². The molecule has 2 aliphatic heterocycles. The standard InChI is InChI=1S/C19H26N2O3/c1-3-16-19(23)21(15-12-14(2)8-9-17(15)24-16)13-18(22)20-10-6-4-5-7-11-20/h8-9,12,16H,3-7,10-11,13H2,1-2H3. The summed E-state index contributed by atoms with van der Waals surface area (Å²) in [6.07, 6.45) is 4.56. The number of aryl methyl sites for hydroxylation is 1. The van der Waals surface area contributed by atoms with Gasteiger partial charge in [-0.2, -0.15) is 0 Å². The van der Waals surface area contributed by atoms with Crippen LogP contribution in [0.4, 0.5) is 5.69 Å². The van der Waals surface area contributed by atoms with E-state index in [4.69, 9.17) is 4.74 Å². The Bertz CT molecular complexity index is 621. The molecule has 1 unspecified atom stereocenters. The van der Waals surface area contributed by atoms with Crippen LogP contribution in [-0.4, -0.2) is 42.5 Å². The number of amides is 2. The third-order valence-corrected chi connectivity index (χ3v) is 4.84. The first kappa shape index (κ1) is 16.8. The number of likely N-dealkylation sites (tertiary alicyclic amines) is 1. The molecule has 0 radical (unpaired) electrons. The maximum absolute atomic E-state index is 12.7. The first-order valence-electron chi connectivity index (χ1n) is 8.96. The van der Waals surface area contributed by atoms with Crippen LogP contribution < -0.4 is 9.64 Å². The van der Waals surface area contributed by atoms with Gasteiger partial charge in [-0.05, 0) is 43.9 Å². The molecule has 1 atom stereocenters. The maximum atomic E-state index is 12.7. The summed E-state index contributed by atoms with van der Waals surface area (Å²) in [4.78, 5) is 29.0. The minimum absolute atomic E-state index is 0.0365. The molecule has 1 aromatic rings. The van der Waals surface area contributed by atoms with E-state index in [1.807, 2.05) is 36.9 Å². The van der Waals surface area contributed by atoms with Gasteiger partial charge in [-0.25, -0.2) is 0 Å². The number of benzene rings is 1. The van der Waals surface area contributed by atoms with Gasteiger partial charge >= 0.3 is 0 Å². The molecule has 0 spiro atoms. The van der Waals surface area contributed by atoms with Crippen molar-refractivity contribution in [1.29, 1.82) is 0 Å². The van der Waals surface area contributed by atoms with Gasteiger partial charge in [0.15, 0.2) is 6.10 Å². The van der Waals surface area contributed by atoms with Crippen molar-refractivity contribution in [2.45, 2.75) is 52.1 Å². The Labute approximate surface area is 143 Å². The Kier molecular flexibility index (Phi) is 5.07. The third-order valence-electron chi connectivity index (χ3n) is 4.84. The Morgan fingerprint density at radius 1 is 1.21 bits per heavy atom. The van der Waals surface area contributed by atoms with E-state index in [-0.39, 0.29) is 18.4 Å². The van der Waals surface area contributed by atoms with E-state index in [1.54, 1.807) is 4.90 Å². The molecule has 2 amide bonds. The predicted octanol–water partition coefficient (Wildman–Crippen LogP) is 2.90. The molecule has 5 nitrogen and oxygen atoms in total.